The minimum atomic E-state index is -2.96. The second-order valence-corrected chi connectivity index (χ2v) is 19.4. The highest BCUT2D eigenvalue weighted by atomic mass is 16.8. The van der Waals surface area contributed by atoms with Gasteiger partial charge in [-0.15, -0.1) is 0 Å². The van der Waals surface area contributed by atoms with Gasteiger partial charge in [-0.25, -0.2) is 4.79 Å². The number of allylic oxidation sites excluding steroid dienone is 1. The standard InChI is InChI=1S/C51H94N2O16/c1-4-6-8-10-12-14-16-18-20-22-24-26-28-30-38(57)37(53-42(60)31-29-27-25-23-21-19-17-15-13-11-9-7-5-2)35-66-49-46(63)48(45(62)41(34-55)67-49)69-51(50(64)65)32-39(58)43(52-36(3)56)47(68-51)44(61)40(59)33-54/h28,30,37-41,43-49,54-55,57-59,61-63H,4-27,29,31-35H2,1-3H3,(H,52,56)(H,53,60)(H,64,65)/b30-28+/t37-,38+,39?,40+,41?,43+,44+,45-,46?,47?,48-,49+,51-/m0/s1. The maximum Gasteiger partial charge on any atom is 0.364 e. The number of aliphatic carboxylic acids is 1. The molecule has 0 aromatic carbocycles. The zero-order valence-corrected chi connectivity index (χ0v) is 42.2. The number of hydrogen-bond acceptors (Lipinski definition) is 15. The lowest BCUT2D eigenvalue weighted by atomic mass is 9.88. The molecule has 2 aliphatic rings. The van der Waals surface area contributed by atoms with Gasteiger partial charge in [-0.2, -0.15) is 0 Å². The maximum atomic E-state index is 13.3. The van der Waals surface area contributed by atoms with Crippen LogP contribution in [-0.4, -0.2) is 163 Å². The SMILES string of the molecule is CCCCCCCCCCCCC/C=C/[C@@H](O)[C@H](CO[C@@H]1OC(CO)[C@H](O)[C@H](O[C@]2(C(=O)O)CC(O)[C@@H](NC(C)=O)C([C@H](O)[C@H](O)CO)O2)C1O)NC(=O)CCCCCCCCCCCCCCC. The zero-order valence-electron chi connectivity index (χ0n) is 42.2. The number of carbonyl (C=O) groups excluding carboxylic acids is 2. The van der Waals surface area contributed by atoms with Crippen LogP contribution in [0.25, 0.3) is 0 Å². The summed E-state index contributed by atoms with van der Waals surface area (Å²) >= 11 is 0. The average molecular weight is 991 g/mol. The van der Waals surface area contributed by atoms with Gasteiger partial charge in [0.2, 0.25) is 11.8 Å². The Labute approximate surface area is 411 Å². The average Bonchev–Trinajstić information content (AvgIpc) is 3.32. The van der Waals surface area contributed by atoms with Gasteiger partial charge in [0.05, 0.1) is 44.1 Å². The van der Waals surface area contributed by atoms with Crippen molar-refractivity contribution < 1.29 is 79.3 Å². The van der Waals surface area contributed by atoms with Gasteiger partial charge in [-0.1, -0.05) is 167 Å². The van der Waals surface area contributed by atoms with Crippen molar-refractivity contribution in [1.29, 1.82) is 0 Å². The molecule has 18 nitrogen and oxygen atoms in total. The van der Waals surface area contributed by atoms with Crippen LogP contribution in [0.4, 0.5) is 0 Å². The van der Waals surface area contributed by atoms with Crippen molar-refractivity contribution in [2.45, 2.75) is 273 Å². The van der Waals surface area contributed by atoms with Crippen molar-refractivity contribution in [3.8, 4) is 0 Å². The minimum absolute atomic E-state index is 0.206. The van der Waals surface area contributed by atoms with Crippen LogP contribution in [0.3, 0.4) is 0 Å². The smallest absolute Gasteiger partial charge is 0.364 e. The quantitative estimate of drug-likeness (QED) is 0.0296. The molecule has 0 aromatic heterocycles. The fourth-order valence-electron chi connectivity index (χ4n) is 9.10. The third-order valence-corrected chi connectivity index (χ3v) is 13.3. The molecule has 18 heteroatoms. The first-order valence-electron chi connectivity index (χ1n) is 26.5. The predicted molar refractivity (Wildman–Crippen MR) is 260 cm³/mol. The molecule has 2 heterocycles. The first-order chi connectivity index (χ1) is 33.2. The van der Waals surface area contributed by atoms with E-state index in [0.29, 0.717) is 12.8 Å². The molecular weight excluding hydrogens is 897 g/mol. The number of aliphatic hydroxyl groups excluding tert-OH is 8. The first kappa shape index (κ1) is 62.8. The van der Waals surface area contributed by atoms with Crippen LogP contribution in [-0.2, 0) is 33.3 Å². The summed E-state index contributed by atoms with van der Waals surface area (Å²) in [4.78, 5) is 38.2. The van der Waals surface area contributed by atoms with Gasteiger partial charge in [0.1, 0.15) is 42.7 Å². The van der Waals surface area contributed by atoms with Gasteiger partial charge in [0.15, 0.2) is 6.29 Å². The van der Waals surface area contributed by atoms with Gasteiger partial charge in [-0.3, -0.25) is 9.59 Å². The van der Waals surface area contributed by atoms with Crippen molar-refractivity contribution in [1.82, 2.24) is 10.6 Å². The summed E-state index contributed by atoms with van der Waals surface area (Å²) in [6, 6.07) is -2.55. The number of carboxylic acid groups (broad SMARTS) is 1. The number of ether oxygens (including phenoxy) is 4. The zero-order chi connectivity index (χ0) is 51.0. The number of carboxylic acids is 1. The van der Waals surface area contributed by atoms with Gasteiger partial charge < -0.3 is 75.5 Å². The monoisotopic (exact) mass is 991 g/mol. The van der Waals surface area contributed by atoms with E-state index in [2.05, 4.69) is 24.5 Å². The lowest BCUT2D eigenvalue weighted by Gasteiger charge is -2.50. The fraction of sp³-hybridized carbons (Fsp3) is 0.902. The molecule has 0 aromatic rings. The number of unbranched alkanes of at least 4 members (excludes halogenated alkanes) is 23. The fourth-order valence-corrected chi connectivity index (χ4v) is 9.10. The molecular formula is C51H94N2O16. The van der Waals surface area contributed by atoms with Crippen molar-refractivity contribution >= 4 is 17.8 Å². The molecule has 2 amide bonds. The van der Waals surface area contributed by atoms with E-state index in [9.17, 15) is 60.3 Å². The van der Waals surface area contributed by atoms with Crippen LogP contribution in [0.1, 0.15) is 194 Å². The van der Waals surface area contributed by atoms with E-state index in [-0.39, 0.29) is 12.3 Å². The number of aliphatic hydroxyl groups is 8. The minimum Gasteiger partial charge on any atom is -0.477 e. The molecule has 2 saturated heterocycles. The summed E-state index contributed by atoms with van der Waals surface area (Å²) in [5.41, 5.74) is 0. The number of hydrogen-bond donors (Lipinski definition) is 11. The Hall–Kier alpha value is -2.33. The molecule has 13 atom stereocenters. The number of rotatable bonds is 40. The van der Waals surface area contributed by atoms with Crippen molar-refractivity contribution in [2.75, 3.05) is 19.8 Å². The summed E-state index contributed by atoms with van der Waals surface area (Å²) in [6.07, 6.45) is 13.5. The summed E-state index contributed by atoms with van der Waals surface area (Å²) in [7, 11) is 0. The van der Waals surface area contributed by atoms with Crippen LogP contribution < -0.4 is 10.6 Å². The van der Waals surface area contributed by atoms with E-state index in [1.54, 1.807) is 6.08 Å². The first-order valence-corrected chi connectivity index (χ1v) is 26.5. The highest BCUT2D eigenvalue weighted by Gasteiger charge is 2.59. The molecule has 0 saturated carbocycles. The molecule has 0 bridgehead atoms. The summed E-state index contributed by atoms with van der Waals surface area (Å²) in [5, 5.41) is 102. The normalized spacial score (nSPS) is 26.9. The van der Waals surface area contributed by atoms with E-state index < -0.39 is 117 Å². The van der Waals surface area contributed by atoms with Crippen LogP contribution in [0.15, 0.2) is 12.2 Å². The van der Waals surface area contributed by atoms with Crippen molar-refractivity contribution in [2.24, 2.45) is 0 Å². The summed E-state index contributed by atoms with van der Waals surface area (Å²) in [6.45, 7) is 3.21. The van der Waals surface area contributed by atoms with Crippen LogP contribution >= 0.6 is 0 Å². The molecule has 69 heavy (non-hydrogen) atoms. The second-order valence-electron chi connectivity index (χ2n) is 19.4. The van der Waals surface area contributed by atoms with Crippen LogP contribution in [0.2, 0.25) is 0 Å². The number of nitrogens with one attached hydrogen (secondary N) is 2. The van der Waals surface area contributed by atoms with E-state index in [1.807, 2.05) is 6.08 Å². The summed E-state index contributed by atoms with van der Waals surface area (Å²) in [5.74, 6) is -5.88. The number of carbonyl (C=O) groups is 3. The Bertz CT molecular complexity index is 1400. The van der Waals surface area contributed by atoms with E-state index in [4.69, 9.17) is 18.9 Å². The molecule has 11 N–H and O–H groups in total. The van der Waals surface area contributed by atoms with Crippen LogP contribution in [0, 0.1) is 0 Å². The molecule has 2 fully saturated rings. The summed E-state index contributed by atoms with van der Waals surface area (Å²) < 4.78 is 23.1. The highest BCUT2D eigenvalue weighted by molar-refractivity contribution is 5.77. The Morgan fingerprint density at radius 1 is 0.739 bits per heavy atom. The van der Waals surface area contributed by atoms with E-state index in [0.717, 1.165) is 51.9 Å². The largest absolute Gasteiger partial charge is 0.477 e. The third-order valence-electron chi connectivity index (χ3n) is 13.3. The molecule has 2 rings (SSSR count). The maximum absolute atomic E-state index is 13.3. The molecule has 0 aliphatic carbocycles. The third kappa shape index (κ3) is 23.8. The van der Waals surface area contributed by atoms with Crippen LogP contribution in [0.5, 0.6) is 0 Å². The van der Waals surface area contributed by atoms with Gasteiger partial charge >= 0.3 is 5.97 Å². The molecule has 404 valence electrons. The van der Waals surface area contributed by atoms with Gasteiger partial charge in [0, 0.05) is 19.8 Å². The van der Waals surface area contributed by atoms with Crippen molar-refractivity contribution in [3.63, 3.8) is 0 Å². The molecule has 0 spiro atoms. The van der Waals surface area contributed by atoms with E-state index >= 15 is 0 Å². The van der Waals surface area contributed by atoms with Gasteiger partial charge in [0.25, 0.3) is 5.79 Å². The lowest BCUT2D eigenvalue weighted by molar-refractivity contribution is -0.370. The lowest BCUT2D eigenvalue weighted by Crippen LogP contribution is -2.70. The Kier molecular flexibility index (Phi) is 33.3. The Balaban J connectivity index is 2.13. The molecule has 4 unspecified atom stereocenters. The molecule has 0 radical (unpaired) electrons. The van der Waals surface area contributed by atoms with Crippen molar-refractivity contribution in [3.05, 3.63) is 12.2 Å². The van der Waals surface area contributed by atoms with E-state index in [1.165, 1.54) is 103 Å². The Morgan fingerprint density at radius 2 is 1.25 bits per heavy atom. The topological polar surface area (TPSA) is 294 Å². The Morgan fingerprint density at radius 3 is 1.72 bits per heavy atom. The molecule has 2 aliphatic heterocycles. The van der Waals surface area contributed by atoms with Gasteiger partial charge in [-0.05, 0) is 19.3 Å². The second kappa shape index (κ2) is 36.6. The highest BCUT2D eigenvalue weighted by Crippen LogP contribution is 2.37. The predicted octanol–water partition coefficient (Wildman–Crippen LogP) is 4.56. The number of amides is 2.